The van der Waals surface area contributed by atoms with Gasteiger partial charge in [-0.1, -0.05) is 25.7 Å². The fourth-order valence-corrected chi connectivity index (χ4v) is 2.20. The number of nitrogens with two attached hydrogens (primary N) is 1. The molecule has 4 nitrogen and oxygen atoms in total. The fraction of sp³-hybridized carbons (Fsp3) is 0.923. The molecule has 1 aliphatic rings. The Morgan fingerprint density at radius 1 is 1.35 bits per heavy atom. The number of carboxylic acids is 1. The number of hydrogen-bond acceptors (Lipinski definition) is 3. The molecule has 0 radical (unpaired) electrons. The number of ether oxygens (including phenoxy) is 1. The molecule has 1 aliphatic carbocycles. The normalized spacial score (nSPS) is 21.8. The van der Waals surface area contributed by atoms with Gasteiger partial charge in [-0.05, 0) is 32.6 Å². The van der Waals surface area contributed by atoms with Crippen LogP contribution < -0.4 is 5.73 Å². The number of aliphatic carboxylic acids is 1. The van der Waals surface area contributed by atoms with Gasteiger partial charge in [0.2, 0.25) is 0 Å². The van der Waals surface area contributed by atoms with Gasteiger partial charge in [-0.15, -0.1) is 0 Å². The van der Waals surface area contributed by atoms with Crippen molar-refractivity contribution in [3.8, 4) is 0 Å². The summed E-state index contributed by atoms with van der Waals surface area (Å²) >= 11 is 0. The van der Waals surface area contributed by atoms with Crippen LogP contribution in [0, 0.1) is 0 Å². The van der Waals surface area contributed by atoms with Crippen LogP contribution in [0.2, 0.25) is 0 Å². The van der Waals surface area contributed by atoms with Gasteiger partial charge < -0.3 is 15.6 Å². The minimum absolute atomic E-state index is 0.381. The maximum absolute atomic E-state index is 10.8. The summed E-state index contributed by atoms with van der Waals surface area (Å²) in [7, 11) is 0. The first-order valence-electron chi connectivity index (χ1n) is 6.66. The lowest BCUT2D eigenvalue weighted by Gasteiger charge is -2.20. The Bertz CT molecular complexity index is 233. The van der Waals surface area contributed by atoms with Crippen molar-refractivity contribution in [1.29, 1.82) is 0 Å². The highest BCUT2D eigenvalue weighted by atomic mass is 16.5. The van der Waals surface area contributed by atoms with Gasteiger partial charge >= 0.3 is 5.97 Å². The first-order chi connectivity index (χ1) is 8.02. The molecule has 17 heavy (non-hydrogen) atoms. The molecule has 0 saturated heterocycles. The number of hydrogen-bond donors (Lipinski definition) is 2. The van der Waals surface area contributed by atoms with Crippen LogP contribution in [0.1, 0.15) is 58.3 Å². The largest absolute Gasteiger partial charge is 0.480 e. The standard InChI is InChI=1S/C13H25NO3/c1-13(14,12(15)16)9-6-10-17-11-7-4-2-3-5-8-11/h11H,2-10,14H2,1H3,(H,15,16). The molecule has 100 valence electrons. The smallest absolute Gasteiger partial charge is 0.323 e. The van der Waals surface area contributed by atoms with Crippen molar-refractivity contribution >= 4 is 5.97 Å². The Kier molecular flexibility index (Phi) is 5.92. The number of rotatable bonds is 6. The highest BCUT2D eigenvalue weighted by Crippen LogP contribution is 2.20. The van der Waals surface area contributed by atoms with Crippen molar-refractivity contribution in [2.24, 2.45) is 5.73 Å². The van der Waals surface area contributed by atoms with Crippen LogP contribution in [0.4, 0.5) is 0 Å². The first-order valence-corrected chi connectivity index (χ1v) is 6.66. The van der Waals surface area contributed by atoms with E-state index in [0.29, 0.717) is 19.1 Å². The third kappa shape index (κ3) is 5.50. The minimum atomic E-state index is -1.12. The van der Waals surface area contributed by atoms with Gasteiger partial charge in [0.1, 0.15) is 5.54 Å². The molecule has 0 aliphatic heterocycles. The molecule has 1 saturated carbocycles. The van der Waals surface area contributed by atoms with Gasteiger partial charge in [0, 0.05) is 6.61 Å². The molecule has 4 heteroatoms. The molecule has 0 heterocycles. The van der Waals surface area contributed by atoms with Crippen LogP contribution in [0.15, 0.2) is 0 Å². The zero-order chi connectivity index (χ0) is 12.7. The van der Waals surface area contributed by atoms with Gasteiger partial charge in [0.25, 0.3) is 0 Å². The van der Waals surface area contributed by atoms with E-state index in [-0.39, 0.29) is 0 Å². The topological polar surface area (TPSA) is 72.5 Å². The molecular weight excluding hydrogens is 218 g/mol. The number of carbonyl (C=O) groups is 1. The lowest BCUT2D eigenvalue weighted by Crippen LogP contribution is -2.44. The lowest BCUT2D eigenvalue weighted by molar-refractivity contribution is -0.143. The summed E-state index contributed by atoms with van der Waals surface area (Å²) in [5.74, 6) is -0.938. The van der Waals surface area contributed by atoms with Crippen LogP contribution in [0.3, 0.4) is 0 Å². The number of carboxylic acid groups (broad SMARTS) is 1. The lowest BCUT2D eigenvalue weighted by atomic mass is 9.98. The van der Waals surface area contributed by atoms with Crippen molar-refractivity contribution in [2.45, 2.75) is 69.9 Å². The van der Waals surface area contributed by atoms with E-state index >= 15 is 0 Å². The SMILES string of the molecule is CC(N)(CCCOC1CCCCCC1)C(=O)O. The van der Waals surface area contributed by atoms with Crippen molar-refractivity contribution in [3.05, 3.63) is 0 Å². The molecule has 0 spiro atoms. The van der Waals surface area contributed by atoms with Gasteiger partial charge in [0.15, 0.2) is 0 Å². The Hall–Kier alpha value is -0.610. The van der Waals surface area contributed by atoms with Crippen molar-refractivity contribution < 1.29 is 14.6 Å². The molecule has 0 aromatic carbocycles. The second-order valence-electron chi connectivity index (χ2n) is 5.31. The molecular formula is C13H25NO3. The van der Waals surface area contributed by atoms with E-state index in [0.717, 1.165) is 19.3 Å². The van der Waals surface area contributed by atoms with E-state index in [1.807, 2.05) is 0 Å². The zero-order valence-electron chi connectivity index (χ0n) is 10.8. The fourth-order valence-electron chi connectivity index (χ4n) is 2.20. The molecule has 0 amide bonds. The molecule has 1 unspecified atom stereocenters. The Balaban J connectivity index is 2.12. The van der Waals surface area contributed by atoms with Crippen molar-refractivity contribution in [2.75, 3.05) is 6.61 Å². The zero-order valence-corrected chi connectivity index (χ0v) is 10.8. The molecule has 1 rings (SSSR count). The monoisotopic (exact) mass is 243 g/mol. The Labute approximate surface area is 104 Å². The van der Waals surface area contributed by atoms with E-state index in [1.54, 1.807) is 6.92 Å². The quantitative estimate of drug-likeness (QED) is 0.554. The second-order valence-corrected chi connectivity index (χ2v) is 5.31. The Morgan fingerprint density at radius 3 is 2.47 bits per heavy atom. The van der Waals surface area contributed by atoms with E-state index < -0.39 is 11.5 Å². The third-order valence-corrected chi connectivity index (χ3v) is 3.48. The Morgan fingerprint density at radius 2 is 1.94 bits per heavy atom. The summed E-state index contributed by atoms with van der Waals surface area (Å²) in [5.41, 5.74) is 4.53. The van der Waals surface area contributed by atoms with Crippen LogP contribution in [-0.2, 0) is 9.53 Å². The second kappa shape index (κ2) is 6.97. The average Bonchev–Trinajstić information content (AvgIpc) is 2.52. The van der Waals surface area contributed by atoms with E-state index in [1.165, 1.54) is 25.7 Å². The highest BCUT2D eigenvalue weighted by Gasteiger charge is 2.27. The van der Waals surface area contributed by atoms with Crippen molar-refractivity contribution in [3.63, 3.8) is 0 Å². The summed E-state index contributed by atoms with van der Waals surface area (Å²) in [6, 6.07) is 0. The van der Waals surface area contributed by atoms with Gasteiger partial charge in [-0.25, -0.2) is 0 Å². The maximum atomic E-state index is 10.8. The summed E-state index contributed by atoms with van der Waals surface area (Å²) in [6.07, 6.45) is 9.02. The summed E-state index contributed by atoms with van der Waals surface area (Å²) in [6.45, 7) is 2.19. The van der Waals surface area contributed by atoms with E-state index in [4.69, 9.17) is 15.6 Å². The first kappa shape index (κ1) is 14.5. The van der Waals surface area contributed by atoms with Gasteiger partial charge in [0.05, 0.1) is 6.10 Å². The van der Waals surface area contributed by atoms with E-state index in [9.17, 15) is 4.79 Å². The summed E-state index contributed by atoms with van der Waals surface area (Å²) in [5, 5.41) is 8.86. The average molecular weight is 243 g/mol. The molecule has 1 fully saturated rings. The van der Waals surface area contributed by atoms with Gasteiger partial charge in [-0.2, -0.15) is 0 Å². The summed E-state index contributed by atoms with van der Waals surface area (Å²) in [4.78, 5) is 10.8. The minimum Gasteiger partial charge on any atom is -0.480 e. The van der Waals surface area contributed by atoms with Crippen LogP contribution >= 0.6 is 0 Å². The predicted molar refractivity (Wildman–Crippen MR) is 66.9 cm³/mol. The van der Waals surface area contributed by atoms with Crippen LogP contribution in [0.25, 0.3) is 0 Å². The molecule has 1 atom stereocenters. The van der Waals surface area contributed by atoms with Gasteiger partial charge in [-0.3, -0.25) is 4.79 Å². The summed E-state index contributed by atoms with van der Waals surface area (Å²) < 4.78 is 5.79. The molecule has 3 N–H and O–H groups in total. The van der Waals surface area contributed by atoms with Crippen LogP contribution in [0.5, 0.6) is 0 Å². The maximum Gasteiger partial charge on any atom is 0.323 e. The van der Waals surface area contributed by atoms with E-state index in [2.05, 4.69) is 0 Å². The molecule has 0 bridgehead atoms. The predicted octanol–water partition coefficient (Wildman–Crippen LogP) is 2.31. The molecule has 0 aromatic rings. The molecule has 0 aromatic heterocycles. The van der Waals surface area contributed by atoms with Crippen molar-refractivity contribution in [1.82, 2.24) is 0 Å². The highest BCUT2D eigenvalue weighted by molar-refractivity contribution is 5.77. The van der Waals surface area contributed by atoms with Crippen LogP contribution in [-0.4, -0.2) is 29.3 Å². The third-order valence-electron chi connectivity index (χ3n) is 3.48.